The second-order valence-corrected chi connectivity index (χ2v) is 6.55. The number of benzene rings is 1. The summed E-state index contributed by atoms with van der Waals surface area (Å²) in [4.78, 5) is 11.7. The Morgan fingerprint density at radius 2 is 2.08 bits per heavy atom. The number of nitrogens with zero attached hydrogens (tertiary/aromatic N) is 3. The van der Waals surface area contributed by atoms with Gasteiger partial charge in [-0.1, -0.05) is 0 Å². The van der Waals surface area contributed by atoms with Crippen molar-refractivity contribution in [2.24, 2.45) is 0 Å². The summed E-state index contributed by atoms with van der Waals surface area (Å²) in [6.07, 6.45) is 3.35. The fraction of sp³-hybridized carbons (Fsp3) is 0.188. The minimum absolute atomic E-state index is 0.0535. The maximum Gasteiger partial charge on any atom is 0.145 e. The van der Waals surface area contributed by atoms with Gasteiger partial charge in [0, 0.05) is 11.5 Å². The number of halogens is 1. The van der Waals surface area contributed by atoms with E-state index in [1.807, 2.05) is 32.0 Å². The van der Waals surface area contributed by atoms with Crippen LogP contribution in [0.4, 0.5) is 11.5 Å². The number of rotatable bonds is 4. The lowest BCUT2D eigenvalue weighted by atomic mass is 10.2. The summed E-state index contributed by atoms with van der Waals surface area (Å²) in [6.45, 7) is 3.99. The van der Waals surface area contributed by atoms with Crippen LogP contribution in [-0.2, 0) is 0 Å². The maximum absolute atomic E-state index is 5.94. The second kappa shape index (κ2) is 5.79. The number of fused-ring (bicyclic) bond motifs is 2. The number of hydrogen-bond donors (Lipinski definition) is 3. The molecular weight excluding hydrogens is 372 g/mol. The number of aromatic nitrogens is 5. The summed E-state index contributed by atoms with van der Waals surface area (Å²) >= 11 is 3.43. The molecule has 0 radical (unpaired) electrons. The molecule has 1 aromatic carbocycles. The van der Waals surface area contributed by atoms with Crippen LogP contribution in [0.15, 0.2) is 35.3 Å². The van der Waals surface area contributed by atoms with E-state index in [2.05, 4.69) is 46.4 Å². The van der Waals surface area contributed by atoms with E-state index in [4.69, 9.17) is 4.74 Å². The molecule has 3 heterocycles. The molecule has 122 valence electrons. The largest absolute Gasteiger partial charge is 0.489 e. The molecule has 0 atom stereocenters. The van der Waals surface area contributed by atoms with E-state index in [0.29, 0.717) is 5.82 Å². The second-order valence-electron chi connectivity index (χ2n) is 5.70. The number of H-pyrrole nitrogens is 2. The summed E-state index contributed by atoms with van der Waals surface area (Å²) in [5.74, 6) is 1.45. The number of hydrogen-bond acceptors (Lipinski definition) is 5. The molecule has 8 heteroatoms. The molecule has 4 rings (SSSR count). The Bertz CT molecular complexity index is 1020. The zero-order valence-corrected chi connectivity index (χ0v) is 14.7. The van der Waals surface area contributed by atoms with E-state index in [0.717, 1.165) is 38.0 Å². The Balaban J connectivity index is 1.82. The fourth-order valence-electron chi connectivity index (χ4n) is 2.56. The van der Waals surface area contributed by atoms with Crippen LogP contribution >= 0.6 is 15.9 Å². The molecule has 0 bridgehead atoms. The Labute approximate surface area is 146 Å². The summed E-state index contributed by atoms with van der Waals surface area (Å²) in [5.41, 5.74) is 2.51. The quantitative estimate of drug-likeness (QED) is 0.490. The van der Waals surface area contributed by atoms with Crippen LogP contribution in [0.5, 0.6) is 5.75 Å². The van der Waals surface area contributed by atoms with Gasteiger partial charge in [0.1, 0.15) is 23.5 Å². The van der Waals surface area contributed by atoms with Crippen LogP contribution in [0.25, 0.3) is 21.9 Å². The molecule has 4 aromatic rings. The maximum atomic E-state index is 5.94. The van der Waals surface area contributed by atoms with Crippen LogP contribution < -0.4 is 10.1 Å². The number of nitrogens with one attached hydrogen (secondary N) is 3. The van der Waals surface area contributed by atoms with Crippen molar-refractivity contribution in [1.82, 2.24) is 25.1 Å². The highest BCUT2D eigenvalue weighted by Crippen LogP contribution is 2.34. The van der Waals surface area contributed by atoms with Crippen molar-refractivity contribution < 1.29 is 4.74 Å². The highest BCUT2D eigenvalue weighted by Gasteiger charge is 2.13. The van der Waals surface area contributed by atoms with Gasteiger partial charge in [-0.25, -0.2) is 9.97 Å². The first-order chi connectivity index (χ1) is 11.6. The van der Waals surface area contributed by atoms with Gasteiger partial charge in [-0.3, -0.25) is 5.10 Å². The molecule has 0 spiro atoms. The number of ether oxygens (including phenoxy) is 1. The first kappa shape index (κ1) is 14.9. The van der Waals surface area contributed by atoms with Crippen LogP contribution in [0.1, 0.15) is 13.8 Å². The smallest absolute Gasteiger partial charge is 0.145 e. The molecular formula is C16H15BrN6O. The highest BCUT2D eigenvalue weighted by atomic mass is 79.9. The predicted octanol–water partition coefficient (Wildman–Crippen LogP) is 4.13. The highest BCUT2D eigenvalue weighted by molar-refractivity contribution is 9.10. The third-order valence-corrected chi connectivity index (χ3v) is 3.98. The molecule has 0 saturated heterocycles. The van der Waals surface area contributed by atoms with Crippen molar-refractivity contribution in [3.8, 4) is 5.75 Å². The number of anilines is 2. The van der Waals surface area contributed by atoms with Crippen LogP contribution in [-0.4, -0.2) is 31.3 Å². The zero-order valence-electron chi connectivity index (χ0n) is 13.1. The molecule has 0 saturated carbocycles. The molecule has 3 aromatic heterocycles. The molecule has 7 nitrogen and oxygen atoms in total. The van der Waals surface area contributed by atoms with E-state index in [1.165, 1.54) is 6.33 Å². The summed E-state index contributed by atoms with van der Waals surface area (Å²) in [6, 6.07) is 5.87. The van der Waals surface area contributed by atoms with Gasteiger partial charge in [0.2, 0.25) is 0 Å². The third-order valence-electron chi connectivity index (χ3n) is 3.55. The molecule has 0 fully saturated rings. The van der Waals surface area contributed by atoms with Gasteiger partial charge in [0.05, 0.1) is 33.5 Å². The first-order valence-electron chi connectivity index (χ1n) is 7.50. The number of aromatic amines is 2. The van der Waals surface area contributed by atoms with Gasteiger partial charge in [-0.2, -0.15) is 5.10 Å². The third kappa shape index (κ3) is 2.69. The van der Waals surface area contributed by atoms with E-state index in [-0.39, 0.29) is 6.10 Å². The molecule has 0 amide bonds. The minimum atomic E-state index is 0.0535. The average molecular weight is 387 g/mol. The Morgan fingerprint density at radius 1 is 1.21 bits per heavy atom. The van der Waals surface area contributed by atoms with Crippen molar-refractivity contribution in [2.75, 3.05) is 5.32 Å². The first-order valence-corrected chi connectivity index (χ1v) is 8.29. The monoisotopic (exact) mass is 386 g/mol. The molecule has 0 aliphatic heterocycles. The standard InChI is InChI=1S/C16H15BrN6O/c1-8(2)24-13-5-11-9(6-20-23-11)3-12(13)21-15-10-4-14(17)22-16(10)19-7-18-15/h3-8H,1-2H3,(H,20,23)(H2,18,19,21,22). The predicted molar refractivity (Wildman–Crippen MR) is 96.7 cm³/mol. The van der Waals surface area contributed by atoms with Crippen LogP contribution in [0.3, 0.4) is 0 Å². The van der Waals surface area contributed by atoms with Crippen molar-refractivity contribution in [1.29, 1.82) is 0 Å². The normalized spacial score (nSPS) is 11.5. The summed E-state index contributed by atoms with van der Waals surface area (Å²) in [7, 11) is 0. The Hall–Kier alpha value is -2.61. The molecule has 24 heavy (non-hydrogen) atoms. The Morgan fingerprint density at radius 3 is 2.92 bits per heavy atom. The van der Waals surface area contributed by atoms with E-state index >= 15 is 0 Å². The van der Waals surface area contributed by atoms with Crippen molar-refractivity contribution in [2.45, 2.75) is 20.0 Å². The summed E-state index contributed by atoms with van der Waals surface area (Å²) in [5, 5.41) is 12.3. The lowest BCUT2D eigenvalue weighted by Gasteiger charge is -2.15. The molecule has 0 aliphatic carbocycles. The molecule has 3 N–H and O–H groups in total. The van der Waals surface area contributed by atoms with Crippen molar-refractivity contribution >= 4 is 49.4 Å². The molecule has 0 unspecified atom stereocenters. The van der Waals surface area contributed by atoms with Gasteiger partial charge in [0.25, 0.3) is 0 Å². The van der Waals surface area contributed by atoms with Gasteiger partial charge in [-0.05, 0) is 41.9 Å². The van der Waals surface area contributed by atoms with Gasteiger partial charge in [-0.15, -0.1) is 0 Å². The SMILES string of the molecule is CC(C)Oc1cc2[nH]ncc2cc1Nc1ncnc2[nH]c(Br)cc12. The van der Waals surface area contributed by atoms with Gasteiger partial charge >= 0.3 is 0 Å². The average Bonchev–Trinajstić information content (AvgIpc) is 3.12. The fourth-order valence-corrected chi connectivity index (χ4v) is 2.97. The van der Waals surface area contributed by atoms with Crippen LogP contribution in [0, 0.1) is 0 Å². The van der Waals surface area contributed by atoms with Crippen molar-refractivity contribution in [3.05, 3.63) is 35.3 Å². The van der Waals surface area contributed by atoms with E-state index in [9.17, 15) is 0 Å². The van der Waals surface area contributed by atoms with E-state index < -0.39 is 0 Å². The van der Waals surface area contributed by atoms with Crippen molar-refractivity contribution in [3.63, 3.8) is 0 Å². The van der Waals surface area contributed by atoms with Crippen LogP contribution in [0.2, 0.25) is 0 Å². The minimum Gasteiger partial charge on any atom is -0.489 e. The lowest BCUT2D eigenvalue weighted by molar-refractivity contribution is 0.244. The molecule has 0 aliphatic rings. The summed E-state index contributed by atoms with van der Waals surface area (Å²) < 4.78 is 6.79. The zero-order chi connectivity index (χ0) is 16.7. The van der Waals surface area contributed by atoms with Gasteiger partial charge in [0.15, 0.2) is 0 Å². The lowest BCUT2D eigenvalue weighted by Crippen LogP contribution is -2.07. The Kier molecular flexibility index (Phi) is 3.61. The van der Waals surface area contributed by atoms with E-state index in [1.54, 1.807) is 6.20 Å². The topological polar surface area (TPSA) is 91.5 Å². The van der Waals surface area contributed by atoms with Gasteiger partial charge < -0.3 is 15.0 Å².